The number of unbranched alkanes of at least 4 members (excludes halogenated alkanes) is 6. The zero-order valence-corrected chi connectivity index (χ0v) is 60.5. The first-order chi connectivity index (χ1) is 49.1. The lowest BCUT2D eigenvalue weighted by atomic mass is 10.0. The summed E-state index contributed by atoms with van der Waals surface area (Å²) in [4.78, 5) is 0. The van der Waals surface area contributed by atoms with E-state index in [9.17, 15) is 0 Å². The van der Waals surface area contributed by atoms with Gasteiger partial charge in [-0.15, -0.1) is 0 Å². The summed E-state index contributed by atoms with van der Waals surface area (Å²) in [5.74, 6) is 0. The van der Waals surface area contributed by atoms with Crippen molar-refractivity contribution in [1.82, 2.24) is 0 Å². The Balaban J connectivity index is 0.000000197. The van der Waals surface area contributed by atoms with Crippen LogP contribution in [0.2, 0.25) is 0 Å². The Morgan fingerprint density at radius 2 is 0.320 bits per heavy atom. The van der Waals surface area contributed by atoms with E-state index in [0.717, 1.165) is 105 Å². The van der Waals surface area contributed by atoms with Crippen molar-refractivity contribution in [3.63, 3.8) is 0 Å². The van der Waals surface area contributed by atoms with Crippen molar-refractivity contribution in [1.29, 1.82) is 26.3 Å². The topological polar surface area (TPSA) is 119 Å². The zero-order chi connectivity index (χ0) is 71.0. The van der Waals surface area contributed by atoms with E-state index in [1.807, 2.05) is 97.1 Å². The van der Waals surface area contributed by atoms with Crippen molar-refractivity contribution in [2.45, 2.75) is 195 Å². The largest absolute Gasteiger partial charge is 0.192 e. The molecule has 0 radical (unpaired) electrons. The predicted octanol–water partition coefficient (Wildman–Crippen LogP) is 23.4. The van der Waals surface area contributed by atoms with Crippen molar-refractivity contribution in [3.8, 4) is 30.3 Å². The maximum absolute atomic E-state index is 8.80. The predicted molar refractivity (Wildman–Crippen MR) is 418 cm³/mol. The Kier molecular flexibility index (Phi) is 37.4. The molecule has 0 saturated carbocycles. The third-order valence-electron chi connectivity index (χ3n) is 18.2. The molecule has 10 aromatic rings. The first-order valence-corrected chi connectivity index (χ1v) is 36.9. The molecule has 0 aliphatic carbocycles. The minimum absolute atomic E-state index is 0.728. The zero-order valence-electron chi connectivity index (χ0n) is 60.5. The fourth-order valence-electron chi connectivity index (χ4n) is 11.6. The smallest absolute Gasteiger partial charge is 0.0991 e. The summed E-state index contributed by atoms with van der Waals surface area (Å²) in [6.07, 6.45) is 29.2. The molecule has 0 aliphatic heterocycles. The van der Waals surface area contributed by atoms with Crippen molar-refractivity contribution in [2.75, 3.05) is 0 Å². The van der Waals surface area contributed by atoms with Crippen LogP contribution >= 0.6 is 0 Å². The van der Waals surface area contributed by atoms with Gasteiger partial charge in [0.15, 0.2) is 0 Å². The highest BCUT2D eigenvalue weighted by Crippen LogP contribution is 2.18. The third kappa shape index (κ3) is 31.5. The van der Waals surface area contributed by atoms with Gasteiger partial charge in [0.1, 0.15) is 0 Å². The quantitative estimate of drug-likeness (QED) is 0.0416. The summed E-state index contributed by atoms with van der Waals surface area (Å²) in [5.41, 5.74) is 24.2. The van der Waals surface area contributed by atoms with E-state index in [1.54, 1.807) is 0 Å². The molecule has 0 spiro atoms. The van der Waals surface area contributed by atoms with E-state index >= 15 is 0 Å². The number of nitriles is 5. The molecule has 10 aromatic carbocycles. The van der Waals surface area contributed by atoms with Gasteiger partial charge in [0.25, 0.3) is 0 Å². The standard InChI is InChI=1S/C21H25N.C20H23N.C19H21N.C18H19N.C17H17N/c1-2-3-4-5-6-18-7-9-19(10-8-18)11-12-20-13-15-21(17-22)16-14-20;1-2-3-4-5-17-6-8-18(9-7-17)10-11-19-12-14-20(16-21)15-13-19;1-2-3-4-16-5-7-17(8-6-16)9-10-18-11-13-19(15-20)14-12-18;1-2-3-15-4-6-16(7-5-15)8-9-17-10-12-18(14-19)13-11-17;1-2-14-3-5-15(6-4-14)7-8-16-9-11-17(13-18)12-10-16/h7-10,13-16H,2-6,11-12H2,1H3;6-9,12-15H,2-5,10-11H2,1H3;5-8,11-14H,2-4,9-10H2,1H3;4-7,10-13H,2-3,8-9H2,1H3;3-6,9-12H,2,7-8H2,1H3. The van der Waals surface area contributed by atoms with Gasteiger partial charge in [-0.1, -0.05) is 262 Å². The van der Waals surface area contributed by atoms with Gasteiger partial charge >= 0.3 is 0 Å². The first kappa shape index (κ1) is 78.6. The van der Waals surface area contributed by atoms with Crippen LogP contribution in [0.15, 0.2) is 243 Å². The Morgan fingerprint density at radius 3 is 0.510 bits per heavy atom. The summed E-state index contributed by atoms with van der Waals surface area (Å²) in [7, 11) is 0. The Bertz CT molecular complexity index is 4060. The Morgan fingerprint density at radius 1 is 0.160 bits per heavy atom. The molecule has 0 fully saturated rings. The molecule has 0 aromatic heterocycles. The number of hydrogen-bond donors (Lipinski definition) is 0. The highest BCUT2D eigenvalue weighted by atomic mass is 14.3. The molecule has 0 saturated heterocycles. The molecule has 10 rings (SSSR count). The van der Waals surface area contributed by atoms with E-state index in [1.165, 1.54) is 167 Å². The number of rotatable bonds is 30. The van der Waals surface area contributed by atoms with Crippen molar-refractivity contribution < 1.29 is 0 Å². The van der Waals surface area contributed by atoms with Crippen molar-refractivity contribution >= 4 is 0 Å². The van der Waals surface area contributed by atoms with Crippen molar-refractivity contribution in [3.05, 3.63) is 354 Å². The molecule has 0 atom stereocenters. The minimum Gasteiger partial charge on any atom is -0.192 e. The van der Waals surface area contributed by atoms with Gasteiger partial charge in [-0.05, 0) is 260 Å². The van der Waals surface area contributed by atoms with Crippen LogP contribution in [-0.2, 0) is 96.3 Å². The lowest BCUT2D eigenvalue weighted by Gasteiger charge is -2.05. The van der Waals surface area contributed by atoms with Crippen LogP contribution in [0.3, 0.4) is 0 Å². The van der Waals surface area contributed by atoms with Gasteiger partial charge in [0.2, 0.25) is 0 Å². The summed E-state index contributed by atoms with van der Waals surface area (Å²) < 4.78 is 0. The highest BCUT2D eigenvalue weighted by molar-refractivity contribution is 5.37. The van der Waals surface area contributed by atoms with Crippen LogP contribution in [-0.4, -0.2) is 0 Å². The van der Waals surface area contributed by atoms with E-state index in [0.29, 0.717) is 0 Å². The third-order valence-corrected chi connectivity index (χ3v) is 18.2. The Hall–Kier alpha value is -10.4. The molecule has 0 N–H and O–H groups in total. The lowest BCUT2D eigenvalue weighted by Crippen LogP contribution is -1.93. The SMILES string of the molecule is CCCCCCc1ccc(CCc2ccc(C#N)cc2)cc1.CCCCCc1ccc(CCc2ccc(C#N)cc2)cc1.CCCCc1ccc(CCc2ccc(C#N)cc2)cc1.CCCc1ccc(CCc2ccc(C#N)cc2)cc1.CCc1ccc(CCc2ccc(C#N)cc2)cc1. The summed E-state index contributed by atoms with van der Waals surface area (Å²) in [6, 6.07) is 95.0. The van der Waals surface area contributed by atoms with Crippen LogP contribution in [0, 0.1) is 56.7 Å². The van der Waals surface area contributed by atoms with Gasteiger partial charge in [0, 0.05) is 0 Å². The monoisotopic (exact) mass is 1320 g/mol. The minimum atomic E-state index is 0.728. The number of hydrogen-bond acceptors (Lipinski definition) is 5. The second kappa shape index (κ2) is 47.6. The summed E-state index contributed by atoms with van der Waals surface area (Å²) in [6.45, 7) is 11.1. The van der Waals surface area contributed by atoms with Crippen LogP contribution in [0.25, 0.3) is 0 Å². The molecule has 0 heterocycles. The highest BCUT2D eigenvalue weighted by Gasteiger charge is 2.05. The lowest BCUT2D eigenvalue weighted by molar-refractivity contribution is 0.667. The second-order valence-corrected chi connectivity index (χ2v) is 26.1. The van der Waals surface area contributed by atoms with Gasteiger partial charge in [0.05, 0.1) is 58.2 Å². The molecule has 0 bridgehead atoms. The normalized spacial score (nSPS) is 10.2. The molecule has 5 nitrogen and oxygen atoms in total. The van der Waals surface area contributed by atoms with Gasteiger partial charge in [-0.2, -0.15) is 26.3 Å². The molecule has 5 heteroatoms. The molecule has 0 aliphatic rings. The van der Waals surface area contributed by atoms with E-state index in [-0.39, 0.29) is 0 Å². The maximum Gasteiger partial charge on any atom is 0.0991 e. The van der Waals surface area contributed by atoms with Crippen LogP contribution in [0.1, 0.15) is 210 Å². The molecule has 0 unspecified atom stereocenters. The number of nitrogens with zero attached hydrogens (tertiary/aromatic N) is 5. The van der Waals surface area contributed by atoms with Crippen LogP contribution in [0.5, 0.6) is 0 Å². The second-order valence-electron chi connectivity index (χ2n) is 26.1. The molecule has 0 amide bonds. The fraction of sp³-hybridized carbons (Fsp3) is 0.316. The summed E-state index contributed by atoms with van der Waals surface area (Å²) in [5, 5.41) is 43.9. The number of aryl methyl sites for hydroxylation is 15. The Labute approximate surface area is 602 Å². The van der Waals surface area contributed by atoms with Crippen LogP contribution in [0.4, 0.5) is 0 Å². The van der Waals surface area contributed by atoms with Gasteiger partial charge in [-0.3, -0.25) is 0 Å². The molecule has 100 heavy (non-hydrogen) atoms. The molecular weight excluding hydrogens is 1210 g/mol. The average molecular weight is 1320 g/mol. The van der Waals surface area contributed by atoms with E-state index < -0.39 is 0 Å². The van der Waals surface area contributed by atoms with E-state index in [2.05, 4.69) is 211 Å². The van der Waals surface area contributed by atoms with Gasteiger partial charge < -0.3 is 0 Å². The van der Waals surface area contributed by atoms with Gasteiger partial charge in [-0.25, -0.2) is 0 Å². The summed E-state index contributed by atoms with van der Waals surface area (Å²) >= 11 is 0. The first-order valence-electron chi connectivity index (χ1n) is 36.9. The number of benzene rings is 10. The van der Waals surface area contributed by atoms with Crippen molar-refractivity contribution in [2.24, 2.45) is 0 Å². The molecular formula is C95H105N5. The molecule has 510 valence electrons. The fourth-order valence-corrected chi connectivity index (χ4v) is 11.6. The average Bonchev–Trinajstić information content (AvgIpc) is 1.72. The van der Waals surface area contributed by atoms with Crippen LogP contribution < -0.4 is 0 Å². The van der Waals surface area contributed by atoms with E-state index in [4.69, 9.17) is 26.3 Å². The maximum atomic E-state index is 8.80.